The number of halogens is 6. The van der Waals surface area contributed by atoms with E-state index in [1.807, 2.05) is 48.5 Å². The molecular weight excluding hydrogens is 840 g/mol. The molecule has 49 heavy (non-hydrogen) atoms. The van der Waals surface area contributed by atoms with Crippen molar-refractivity contribution in [2.45, 2.75) is 44.7 Å². The van der Waals surface area contributed by atoms with Crippen molar-refractivity contribution in [3.05, 3.63) is 125 Å². The van der Waals surface area contributed by atoms with Gasteiger partial charge in [0.25, 0.3) is 0 Å². The van der Waals surface area contributed by atoms with E-state index in [2.05, 4.69) is 53.1 Å². The molecule has 0 aromatic heterocycles. The quantitative estimate of drug-likeness (QED) is 0.109. The molecule has 0 saturated heterocycles. The molecule has 4 amide bonds. The summed E-state index contributed by atoms with van der Waals surface area (Å²) in [6.45, 7) is 5.62. The Balaban J connectivity index is 0.000000271. The highest BCUT2D eigenvalue weighted by Gasteiger charge is 2.35. The van der Waals surface area contributed by atoms with Crippen molar-refractivity contribution in [2.75, 3.05) is 17.2 Å². The average Bonchev–Trinajstić information content (AvgIpc) is 2.99. The van der Waals surface area contributed by atoms with Gasteiger partial charge in [-0.25, -0.2) is 4.79 Å². The molecule has 0 heterocycles. The van der Waals surface area contributed by atoms with Gasteiger partial charge in [-0.1, -0.05) is 103 Å². The molecule has 0 aliphatic heterocycles. The molecule has 4 rings (SSSR count). The first kappa shape index (κ1) is 40.6. The zero-order valence-corrected chi connectivity index (χ0v) is 33.0. The molecule has 0 bridgehead atoms. The monoisotopic (exact) mass is 871 g/mol. The van der Waals surface area contributed by atoms with Gasteiger partial charge in [-0.2, -0.15) is 0 Å². The fourth-order valence-electron chi connectivity index (χ4n) is 4.55. The lowest BCUT2D eigenvalue weighted by Crippen LogP contribution is -2.58. The molecule has 8 nitrogen and oxygen atoms in total. The molecular formula is C35H35Br2Cl4N5O3. The van der Waals surface area contributed by atoms with Crippen molar-refractivity contribution in [1.82, 2.24) is 10.6 Å². The van der Waals surface area contributed by atoms with E-state index in [9.17, 15) is 14.4 Å². The summed E-state index contributed by atoms with van der Waals surface area (Å²) in [5.41, 5.74) is 6.78. The minimum atomic E-state index is -1.19. The molecule has 0 aliphatic carbocycles. The van der Waals surface area contributed by atoms with Crippen LogP contribution < -0.4 is 27.0 Å². The van der Waals surface area contributed by atoms with Crippen LogP contribution in [-0.4, -0.2) is 35.5 Å². The maximum Gasteiger partial charge on any atom is 0.315 e. The number of hydrogen-bond donors (Lipinski definition) is 5. The Labute approximate surface area is 323 Å². The van der Waals surface area contributed by atoms with E-state index in [0.717, 1.165) is 20.1 Å². The molecule has 0 unspecified atom stereocenters. The van der Waals surface area contributed by atoms with Crippen LogP contribution in [0.5, 0.6) is 0 Å². The predicted octanol–water partition coefficient (Wildman–Crippen LogP) is 9.67. The van der Waals surface area contributed by atoms with Gasteiger partial charge in [0, 0.05) is 53.4 Å². The first-order chi connectivity index (χ1) is 23.0. The molecule has 0 spiro atoms. The van der Waals surface area contributed by atoms with Gasteiger partial charge in [0.05, 0.1) is 5.54 Å². The highest BCUT2D eigenvalue weighted by molar-refractivity contribution is 9.10. The van der Waals surface area contributed by atoms with Crippen molar-refractivity contribution in [1.29, 1.82) is 0 Å². The summed E-state index contributed by atoms with van der Waals surface area (Å²) in [5, 5.41) is 12.7. The number of anilines is 2. The third-order valence-electron chi connectivity index (χ3n) is 6.94. The Hall–Kier alpha value is -2.83. The number of nitrogens with one attached hydrogen (secondary N) is 4. The van der Waals surface area contributed by atoms with Gasteiger partial charge in [0.15, 0.2) is 0 Å². The summed E-state index contributed by atoms with van der Waals surface area (Å²) in [6.07, 6.45) is 0.720. The van der Waals surface area contributed by atoms with Crippen LogP contribution in [0, 0.1) is 0 Å². The van der Waals surface area contributed by atoms with Crippen LogP contribution in [0.15, 0.2) is 93.9 Å². The molecule has 14 heteroatoms. The number of carbonyl (C=O) groups is 3. The average molecular weight is 875 g/mol. The summed E-state index contributed by atoms with van der Waals surface area (Å²) >= 11 is 30.6. The molecule has 2 atom stereocenters. The standard InChI is InChI=1S/C19H20BrCl2N3O2.C16H15BrCl2N2O/c1-3-23-18(27)25-19(2,11-12-4-6-13(20)7-5-12)17(26)24-16-9-14(21)8-15(22)10-16;1-16(20,9-10-2-4-11(17)5-3-10)15(22)21-14-7-12(18)6-13(19)8-14/h4-10H,3,11H2,1-2H3,(H,24,26)(H2,23,25,27);2-8H,9,20H2,1H3,(H,21,22)/t19-;16-/m11/s1. The minimum absolute atomic E-state index is 0.297. The molecule has 260 valence electrons. The number of nitrogens with two attached hydrogens (primary N) is 1. The number of amides is 4. The molecule has 4 aromatic rings. The van der Waals surface area contributed by atoms with Crippen LogP contribution in [0.1, 0.15) is 31.9 Å². The highest BCUT2D eigenvalue weighted by atomic mass is 79.9. The van der Waals surface area contributed by atoms with Crippen LogP contribution in [0.25, 0.3) is 0 Å². The fraction of sp³-hybridized carbons (Fsp3) is 0.229. The number of hydrogen-bond acceptors (Lipinski definition) is 4. The Morgan fingerprint density at radius 3 is 1.45 bits per heavy atom. The third kappa shape index (κ3) is 13.4. The number of benzene rings is 4. The van der Waals surface area contributed by atoms with E-state index in [0.29, 0.717) is 50.9 Å². The molecule has 0 fully saturated rings. The van der Waals surface area contributed by atoms with E-state index < -0.39 is 17.1 Å². The third-order valence-corrected chi connectivity index (χ3v) is 8.87. The minimum Gasteiger partial charge on any atom is -0.338 e. The van der Waals surface area contributed by atoms with Gasteiger partial charge in [-0.15, -0.1) is 0 Å². The lowest BCUT2D eigenvalue weighted by atomic mass is 9.91. The van der Waals surface area contributed by atoms with Crippen LogP contribution in [-0.2, 0) is 22.4 Å². The van der Waals surface area contributed by atoms with Gasteiger partial charge in [0.1, 0.15) is 5.54 Å². The molecule has 0 aliphatic rings. The Bertz CT molecular complexity index is 1740. The fourth-order valence-corrected chi connectivity index (χ4v) is 6.13. The topological polar surface area (TPSA) is 125 Å². The van der Waals surface area contributed by atoms with Gasteiger partial charge in [0.2, 0.25) is 11.8 Å². The Morgan fingerprint density at radius 1 is 0.653 bits per heavy atom. The molecule has 0 saturated carbocycles. The molecule has 4 aromatic carbocycles. The van der Waals surface area contributed by atoms with E-state index >= 15 is 0 Å². The van der Waals surface area contributed by atoms with Crippen LogP contribution >= 0.6 is 78.3 Å². The summed E-state index contributed by atoms with van der Waals surface area (Å²) < 4.78 is 1.91. The van der Waals surface area contributed by atoms with Gasteiger partial charge < -0.3 is 27.0 Å². The second kappa shape index (κ2) is 18.4. The van der Waals surface area contributed by atoms with E-state index in [-0.39, 0.29) is 11.8 Å². The van der Waals surface area contributed by atoms with Crippen LogP contribution in [0.3, 0.4) is 0 Å². The lowest BCUT2D eigenvalue weighted by molar-refractivity contribution is -0.121. The van der Waals surface area contributed by atoms with Crippen molar-refractivity contribution >= 4 is 107 Å². The smallest absolute Gasteiger partial charge is 0.315 e. The van der Waals surface area contributed by atoms with Crippen LogP contribution in [0.2, 0.25) is 20.1 Å². The normalized spacial score (nSPS) is 13.1. The summed E-state index contributed by atoms with van der Waals surface area (Å²) in [5.74, 6) is -0.677. The summed E-state index contributed by atoms with van der Waals surface area (Å²) in [4.78, 5) is 37.5. The van der Waals surface area contributed by atoms with Crippen molar-refractivity contribution in [3.8, 4) is 0 Å². The lowest BCUT2D eigenvalue weighted by Gasteiger charge is -2.30. The van der Waals surface area contributed by atoms with Gasteiger partial charge in [-0.3, -0.25) is 9.59 Å². The Morgan fingerprint density at radius 2 is 1.04 bits per heavy atom. The molecule has 0 radical (unpaired) electrons. The van der Waals surface area contributed by atoms with Gasteiger partial charge >= 0.3 is 6.03 Å². The van der Waals surface area contributed by atoms with Crippen molar-refractivity contribution in [3.63, 3.8) is 0 Å². The second-order valence-electron chi connectivity index (χ2n) is 11.6. The van der Waals surface area contributed by atoms with Crippen molar-refractivity contribution in [2.24, 2.45) is 5.73 Å². The first-order valence-electron chi connectivity index (χ1n) is 14.9. The van der Waals surface area contributed by atoms with Crippen LogP contribution in [0.4, 0.5) is 16.2 Å². The van der Waals surface area contributed by atoms with E-state index in [4.69, 9.17) is 52.1 Å². The highest BCUT2D eigenvalue weighted by Crippen LogP contribution is 2.26. The number of urea groups is 1. The zero-order chi connectivity index (χ0) is 36.4. The van der Waals surface area contributed by atoms with Gasteiger partial charge in [-0.05, 0) is 99.0 Å². The zero-order valence-electron chi connectivity index (χ0n) is 26.8. The van der Waals surface area contributed by atoms with E-state index in [1.54, 1.807) is 57.2 Å². The number of rotatable bonds is 10. The largest absolute Gasteiger partial charge is 0.338 e. The summed E-state index contributed by atoms with van der Waals surface area (Å²) in [6, 6.07) is 24.4. The maximum absolute atomic E-state index is 13.0. The van der Waals surface area contributed by atoms with E-state index in [1.165, 1.54) is 0 Å². The second-order valence-corrected chi connectivity index (χ2v) is 15.1. The first-order valence-corrected chi connectivity index (χ1v) is 18.0. The summed E-state index contributed by atoms with van der Waals surface area (Å²) in [7, 11) is 0. The predicted molar refractivity (Wildman–Crippen MR) is 209 cm³/mol. The number of carbonyl (C=O) groups excluding carboxylic acids is 3. The Kier molecular flexibility index (Phi) is 15.3. The molecule has 6 N–H and O–H groups in total. The SMILES string of the molecule is CCNC(=O)N[C@](C)(Cc1ccc(Br)cc1)C(=O)Nc1cc(Cl)cc(Cl)c1.C[C@@](N)(Cc1ccc(Br)cc1)C(=O)Nc1cc(Cl)cc(Cl)c1. The maximum atomic E-state index is 13.0. The van der Waals surface area contributed by atoms with Crippen molar-refractivity contribution < 1.29 is 14.4 Å².